The standard InChI is InChI=1S/C16H17F2N3OS/c17-12-6-11(7-13(18)8-12)15(22)20-16-19-14(10-23-16)9-21-4-2-1-3-5-21/h6-8,10H,1-5,9H2,(H,19,20,22). The number of benzene rings is 1. The van der Waals surface area contributed by atoms with E-state index < -0.39 is 17.5 Å². The van der Waals surface area contributed by atoms with Crippen LogP contribution >= 0.6 is 11.3 Å². The van der Waals surface area contributed by atoms with Gasteiger partial charge in [-0.3, -0.25) is 15.0 Å². The molecule has 0 spiro atoms. The molecule has 0 radical (unpaired) electrons. The Hall–Kier alpha value is -1.86. The second kappa shape index (κ2) is 7.14. The first-order valence-corrected chi connectivity index (χ1v) is 8.42. The highest BCUT2D eigenvalue weighted by molar-refractivity contribution is 7.13. The van der Waals surface area contributed by atoms with Gasteiger partial charge in [0.2, 0.25) is 0 Å². The Labute approximate surface area is 137 Å². The summed E-state index contributed by atoms with van der Waals surface area (Å²) in [6.45, 7) is 2.91. The van der Waals surface area contributed by atoms with E-state index in [2.05, 4.69) is 15.2 Å². The fourth-order valence-electron chi connectivity index (χ4n) is 2.64. The van der Waals surface area contributed by atoms with Crippen LogP contribution in [0, 0.1) is 11.6 Å². The summed E-state index contributed by atoms with van der Waals surface area (Å²) in [5, 5.41) is 4.92. The van der Waals surface area contributed by atoms with Gasteiger partial charge in [-0.15, -0.1) is 11.3 Å². The first-order valence-electron chi connectivity index (χ1n) is 7.54. The number of piperidine rings is 1. The molecular formula is C16H17F2N3OS. The van der Waals surface area contributed by atoms with Gasteiger partial charge in [-0.05, 0) is 38.1 Å². The first kappa shape index (κ1) is 16.0. The van der Waals surface area contributed by atoms with Crippen LogP contribution < -0.4 is 5.32 Å². The Bertz CT molecular complexity index is 678. The zero-order chi connectivity index (χ0) is 16.2. The fraction of sp³-hybridized carbons (Fsp3) is 0.375. The highest BCUT2D eigenvalue weighted by atomic mass is 32.1. The van der Waals surface area contributed by atoms with Gasteiger partial charge in [0.05, 0.1) is 5.69 Å². The summed E-state index contributed by atoms with van der Waals surface area (Å²) in [6.07, 6.45) is 3.69. The number of nitrogens with zero attached hydrogens (tertiary/aromatic N) is 2. The van der Waals surface area contributed by atoms with E-state index in [4.69, 9.17) is 0 Å². The monoisotopic (exact) mass is 337 g/mol. The molecule has 0 atom stereocenters. The molecule has 1 aliphatic rings. The maximum absolute atomic E-state index is 13.2. The number of hydrogen-bond acceptors (Lipinski definition) is 4. The summed E-state index contributed by atoms with van der Waals surface area (Å²) in [5.41, 5.74) is 0.841. The maximum Gasteiger partial charge on any atom is 0.257 e. The fourth-order valence-corrected chi connectivity index (χ4v) is 3.33. The summed E-state index contributed by atoms with van der Waals surface area (Å²) in [4.78, 5) is 18.7. The predicted molar refractivity (Wildman–Crippen MR) is 85.6 cm³/mol. The quantitative estimate of drug-likeness (QED) is 0.926. The molecular weight excluding hydrogens is 320 g/mol. The SMILES string of the molecule is O=C(Nc1nc(CN2CCCCC2)cs1)c1cc(F)cc(F)c1. The van der Waals surface area contributed by atoms with Crippen LogP contribution in [0.1, 0.15) is 35.3 Å². The summed E-state index contributed by atoms with van der Waals surface area (Å²) >= 11 is 1.31. The normalized spacial score (nSPS) is 15.6. The second-order valence-electron chi connectivity index (χ2n) is 5.59. The highest BCUT2D eigenvalue weighted by Crippen LogP contribution is 2.20. The van der Waals surface area contributed by atoms with Crippen molar-refractivity contribution >= 4 is 22.4 Å². The lowest BCUT2D eigenvalue weighted by atomic mass is 10.1. The van der Waals surface area contributed by atoms with Gasteiger partial charge in [0, 0.05) is 23.6 Å². The molecule has 23 heavy (non-hydrogen) atoms. The number of nitrogens with one attached hydrogen (secondary N) is 1. The number of amides is 1. The first-order chi connectivity index (χ1) is 11.1. The average Bonchev–Trinajstić information content (AvgIpc) is 2.94. The minimum atomic E-state index is -0.778. The van der Waals surface area contributed by atoms with Gasteiger partial charge >= 0.3 is 0 Å². The van der Waals surface area contributed by atoms with Crippen LogP contribution in [0.5, 0.6) is 0 Å². The lowest BCUT2D eigenvalue weighted by Crippen LogP contribution is -2.29. The topological polar surface area (TPSA) is 45.2 Å². The van der Waals surface area contributed by atoms with E-state index in [0.717, 1.165) is 43.5 Å². The molecule has 0 unspecified atom stereocenters. The molecule has 1 aliphatic heterocycles. The number of halogens is 2. The third-order valence-electron chi connectivity index (χ3n) is 3.73. The molecule has 3 rings (SSSR count). The zero-order valence-corrected chi connectivity index (χ0v) is 13.3. The van der Waals surface area contributed by atoms with Crippen LogP contribution in [0.25, 0.3) is 0 Å². The van der Waals surface area contributed by atoms with E-state index in [1.54, 1.807) is 0 Å². The molecule has 4 nitrogen and oxygen atoms in total. The Morgan fingerprint density at radius 3 is 2.57 bits per heavy atom. The van der Waals surface area contributed by atoms with E-state index in [9.17, 15) is 13.6 Å². The summed E-state index contributed by atoms with van der Waals surface area (Å²) in [7, 11) is 0. The molecule has 0 bridgehead atoms. The number of carbonyl (C=O) groups is 1. The van der Waals surface area contributed by atoms with Crippen LogP contribution in [0.15, 0.2) is 23.6 Å². The molecule has 2 heterocycles. The van der Waals surface area contributed by atoms with Crippen LogP contribution in [0.2, 0.25) is 0 Å². The van der Waals surface area contributed by atoms with Gasteiger partial charge in [-0.2, -0.15) is 0 Å². The van der Waals surface area contributed by atoms with Crippen molar-refractivity contribution in [3.05, 3.63) is 46.5 Å². The minimum Gasteiger partial charge on any atom is -0.298 e. The minimum absolute atomic E-state index is 0.0599. The number of rotatable bonds is 4. The maximum atomic E-state index is 13.2. The molecule has 0 saturated carbocycles. The molecule has 7 heteroatoms. The number of likely N-dealkylation sites (tertiary alicyclic amines) is 1. The molecule has 1 N–H and O–H groups in total. The Morgan fingerprint density at radius 1 is 1.17 bits per heavy atom. The van der Waals surface area contributed by atoms with Crippen molar-refractivity contribution in [1.82, 2.24) is 9.88 Å². The number of carbonyl (C=O) groups excluding carboxylic acids is 1. The van der Waals surface area contributed by atoms with Crippen molar-refractivity contribution in [3.63, 3.8) is 0 Å². The largest absolute Gasteiger partial charge is 0.298 e. The summed E-state index contributed by atoms with van der Waals surface area (Å²) in [5.74, 6) is -2.12. The zero-order valence-electron chi connectivity index (χ0n) is 12.5. The number of aromatic nitrogens is 1. The molecule has 1 aromatic heterocycles. The molecule has 1 saturated heterocycles. The van der Waals surface area contributed by atoms with Crippen molar-refractivity contribution in [2.45, 2.75) is 25.8 Å². The van der Waals surface area contributed by atoms with Crippen molar-refractivity contribution in [3.8, 4) is 0 Å². The third kappa shape index (κ3) is 4.33. The predicted octanol–water partition coefficient (Wildman–Crippen LogP) is 3.66. The van der Waals surface area contributed by atoms with Crippen molar-refractivity contribution in [2.24, 2.45) is 0 Å². The Kier molecular flexibility index (Phi) is 4.97. The number of anilines is 1. The van der Waals surface area contributed by atoms with Crippen LogP contribution in [-0.2, 0) is 6.54 Å². The van der Waals surface area contributed by atoms with Crippen LogP contribution in [0.3, 0.4) is 0 Å². The molecule has 0 aliphatic carbocycles. The molecule has 1 amide bonds. The third-order valence-corrected chi connectivity index (χ3v) is 4.54. The lowest BCUT2D eigenvalue weighted by Gasteiger charge is -2.25. The molecule has 2 aromatic rings. The Balaban J connectivity index is 1.62. The summed E-state index contributed by atoms with van der Waals surface area (Å²) < 4.78 is 26.3. The van der Waals surface area contributed by atoms with Crippen molar-refractivity contribution < 1.29 is 13.6 Å². The van der Waals surface area contributed by atoms with Gasteiger partial charge in [0.25, 0.3) is 5.91 Å². The average molecular weight is 337 g/mol. The van der Waals surface area contributed by atoms with Gasteiger partial charge in [0.15, 0.2) is 5.13 Å². The molecule has 1 aromatic carbocycles. The number of hydrogen-bond donors (Lipinski definition) is 1. The van der Waals surface area contributed by atoms with Gasteiger partial charge < -0.3 is 0 Å². The Morgan fingerprint density at radius 2 is 1.87 bits per heavy atom. The second-order valence-corrected chi connectivity index (χ2v) is 6.45. The van der Waals surface area contributed by atoms with Crippen LogP contribution in [0.4, 0.5) is 13.9 Å². The lowest BCUT2D eigenvalue weighted by molar-refractivity contribution is 0.102. The highest BCUT2D eigenvalue weighted by Gasteiger charge is 2.14. The van der Waals surface area contributed by atoms with Gasteiger partial charge in [-0.25, -0.2) is 13.8 Å². The van der Waals surface area contributed by atoms with Gasteiger partial charge in [-0.1, -0.05) is 6.42 Å². The number of thiazole rings is 1. The van der Waals surface area contributed by atoms with Crippen LogP contribution in [-0.4, -0.2) is 28.9 Å². The van der Waals surface area contributed by atoms with E-state index in [-0.39, 0.29) is 5.56 Å². The summed E-state index contributed by atoms with van der Waals surface area (Å²) in [6, 6.07) is 2.73. The van der Waals surface area contributed by atoms with E-state index in [0.29, 0.717) is 5.13 Å². The van der Waals surface area contributed by atoms with Gasteiger partial charge in [0.1, 0.15) is 11.6 Å². The smallest absolute Gasteiger partial charge is 0.257 e. The molecule has 1 fully saturated rings. The van der Waals surface area contributed by atoms with E-state index in [1.807, 2.05) is 5.38 Å². The van der Waals surface area contributed by atoms with E-state index >= 15 is 0 Å². The van der Waals surface area contributed by atoms with Crippen molar-refractivity contribution in [2.75, 3.05) is 18.4 Å². The van der Waals surface area contributed by atoms with E-state index in [1.165, 1.54) is 30.6 Å². The molecule has 122 valence electrons. The van der Waals surface area contributed by atoms with Crippen molar-refractivity contribution in [1.29, 1.82) is 0 Å².